The number of halogens is 3. The van der Waals surface area contributed by atoms with Gasteiger partial charge in [0.05, 0.1) is 24.9 Å². The van der Waals surface area contributed by atoms with Gasteiger partial charge in [-0.15, -0.1) is 0 Å². The number of benzene rings is 1. The molecular formula is C22H26F3N5O. The summed E-state index contributed by atoms with van der Waals surface area (Å²) < 4.78 is 46.8. The average Bonchev–Trinajstić information content (AvgIpc) is 3.10. The lowest BCUT2D eigenvalue weighted by Gasteiger charge is -2.37. The number of rotatable bonds is 6. The maximum Gasteiger partial charge on any atom is 0.416 e. The molecule has 3 heterocycles. The summed E-state index contributed by atoms with van der Waals surface area (Å²) in [6, 6.07) is 5.84. The van der Waals surface area contributed by atoms with Crippen LogP contribution in [0.1, 0.15) is 24.6 Å². The summed E-state index contributed by atoms with van der Waals surface area (Å²) in [5.74, 6) is 0.129. The van der Waals surface area contributed by atoms with Gasteiger partial charge in [-0.05, 0) is 44.7 Å². The van der Waals surface area contributed by atoms with Gasteiger partial charge in [0.15, 0.2) is 0 Å². The van der Waals surface area contributed by atoms with E-state index in [9.17, 15) is 13.2 Å². The minimum absolute atomic E-state index is 0.129. The van der Waals surface area contributed by atoms with Crippen molar-refractivity contribution in [3.05, 3.63) is 35.5 Å². The minimum atomic E-state index is -4.44. The summed E-state index contributed by atoms with van der Waals surface area (Å²) in [5, 5.41) is 8.00. The fraction of sp³-hybridized carbons (Fsp3) is 0.455. The van der Waals surface area contributed by atoms with E-state index < -0.39 is 11.7 Å². The van der Waals surface area contributed by atoms with Gasteiger partial charge in [-0.2, -0.15) is 18.3 Å². The number of pyridine rings is 1. The van der Waals surface area contributed by atoms with E-state index in [0.29, 0.717) is 23.3 Å². The van der Waals surface area contributed by atoms with Crippen molar-refractivity contribution in [2.45, 2.75) is 39.0 Å². The number of anilines is 1. The molecule has 9 heteroatoms. The van der Waals surface area contributed by atoms with Gasteiger partial charge in [-0.25, -0.2) is 4.98 Å². The van der Waals surface area contributed by atoms with Crippen molar-refractivity contribution in [3.8, 4) is 17.0 Å². The Bertz CT molecular complexity index is 1110. The van der Waals surface area contributed by atoms with Gasteiger partial charge in [0.2, 0.25) is 0 Å². The zero-order valence-electron chi connectivity index (χ0n) is 18.0. The Morgan fingerprint density at radius 2 is 2.03 bits per heavy atom. The van der Waals surface area contributed by atoms with Crippen LogP contribution in [-0.2, 0) is 12.7 Å². The molecule has 0 amide bonds. The van der Waals surface area contributed by atoms with Crippen molar-refractivity contribution in [2.24, 2.45) is 0 Å². The highest BCUT2D eigenvalue weighted by Crippen LogP contribution is 2.42. The fourth-order valence-corrected chi connectivity index (χ4v) is 4.26. The van der Waals surface area contributed by atoms with Crippen molar-refractivity contribution >= 4 is 16.7 Å². The minimum Gasteiger partial charge on any atom is -0.496 e. The third kappa shape index (κ3) is 3.71. The molecule has 0 saturated heterocycles. The molecule has 2 aromatic heterocycles. The molecule has 166 valence electrons. The van der Waals surface area contributed by atoms with Gasteiger partial charge in [0.25, 0.3) is 0 Å². The molecule has 4 rings (SSSR count). The molecule has 0 aliphatic carbocycles. The maximum absolute atomic E-state index is 13.2. The van der Waals surface area contributed by atoms with E-state index >= 15 is 0 Å². The summed E-state index contributed by atoms with van der Waals surface area (Å²) in [4.78, 5) is 7.10. The van der Waals surface area contributed by atoms with Crippen LogP contribution in [0.2, 0.25) is 0 Å². The van der Waals surface area contributed by atoms with Crippen molar-refractivity contribution < 1.29 is 17.9 Å². The molecule has 1 unspecified atom stereocenters. The number of nitrogens with one attached hydrogen (secondary N) is 1. The van der Waals surface area contributed by atoms with Gasteiger partial charge in [-0.1, -0.05) is 6.92 Å². The van der Waals surface area contributed by atoms with Crippen LogP contribution in [-0.4, -0.2) is 48.1 Å². The van der Waals surface area contributed by atoms with E-state index in [1.807, 2.05) is 18.7 Å². The molecule has 1 aliphatic heterocycles. The monoisotopic (exact) mass is 433 g/mol. The van der Waals surface area contributed by atoms with E-state index in [4.69, 9.17) is 14.8 Å². The zero-order chi connectivity index (χ0) is 22.3. The van der Waals surface area contributed by atoms with Gasteiger partial charge in [0.1, 0.15) is 22.5 Å². The first-order valence-corrected chi connectivity index (χ1v) is 10.3. The topological polar surface area (TPSA) is 55.2 Å². The van der Waals surface area contributed by atoms with Crippen molar-refractivity contribution in [3.63, 3.8) is 0 Å². The van der Waals surface area contributed by atoms with Gasteiger partial charge in [0, 0.05) is 30.4 Å². The fourth-order valence-electron chi connectivity index (χ4n) is 4.26. The lowest BCUT2D eigenvalue weighted by Crippen LogP contribution is -2.44. The average molecular weight is 433 g/mol. The third-order valence-electron chi connectivity index (χ3n) is 5.80. The van der Waals surface area contributed by atoms with Crippen LogP contribution >= 0.6 is 0 Å². The number of nitrogens with zero attached hydrogens (tertiary/aromatic N) is 4. The maximum atomic E-state index is 13.2. The first-order valence-electron chi connectivity index (χ1n) is 10.3. The quantitative estimate of drug-likeness (QED) is 0.630. The molecule has 0 spiro atoms. The van der Waals surface area contributed by atoms with Gasteiger partial charge >= 0.3 is 6.18 Å². The summed E-state index contributed by atoms with van der Waals surface area (Å²) in [6.45, 7) is 6.45. The third-order valence-corrected chi connectivity index (χ3v) is 5.80. The van der Waals surface area contributed by atoms with Crippen LogP contribution in [0, 0.1) is 6.92 Å². The van der Waals surface area contributed by atoms with Crippen LogP contribution in [0.4, 0.5) is 18.9 Å². The predicted octanol–water partition coefficient (Wildman–Crippen LogP) is 4.25. The number of alkyl halides is 3. The number of aromatic nitrogens is 3. The largest absolute Gasteiger partial charge is 0.496 e. The van der Waals surface area contributed by atoms with Crippen LogP contribution in [0.3, 0.4) is 0 Å². The number of hydrogen-bond acceptors (Lipinski definition) is 5. The SMILES string of the molecule is CCC1Cn2nc(-c3ccc(C(F)(F)F)cc3OC)c3nc(C)cc(c32)N1CCNC. The number of likely N-dealkylation sites (N-methyl/N-ethyl adjacent to an activating group) is 1. The molecule has 1 aromatic carbocycles. The molecule has 3 aromatic rings. The van der Waals surface area contributed by atoms with E-state index in [0.717, 1.165) is 48.5 Å². The molecule has 0 saturated carbocycles. The van der Waals surface area contributed by atoms with Crippen LogP contribution in [0.5, 0.6) is 5.75 Å². The summed E-state index contributed by atoms with van der Waals surface area (Å²) >= 11 is 0. The second kappa shape index (κ2) is 8.03. The second-order valence-corrected chi connectivity index (χ2v) is 7.78. The van der Waals surface area contributed by atoms with E-state index in [2.05, 4.69) is 23.2 Å². The summed E-state index contributed by atoms with van der Waals surface area (Å²) in [6.07, 6.45) is -3.49. The van der Waals surface area contributed by atoms with Gasteiger partial charge in [-0.3, -0.25) is 4.68 Å². The molecule has 0 bridgehead atoms. The standard InChI is InChI=1S/C22H26F3N5O/c1-5-15-12-30-21-17(29(15)9-8-26-3)10-13(2)27-20(21)19(28-30)16-7-6-14(22(23,24)25)11-18(16)31-4/h6-7,10-11,15,26H,5,8-9,12H2,1-4H3. The number of hydrogen-bond donors (Lipinski definition) is 1. The molecule has 0 radical (unpaired) electrons. The number of aryl methyl sites for hydroxylation is 1. The number of methoxy groups -OCH3 is 1. The zero-order valence-corrected chi connectivity index (χ0v) is 18.0. The Labute approximate surface area is 179 Å². The lowest BCUT2D eigenvalue weighted by atomic mass is 10.0. The Balaban J connectivity index is 1.92. The smallest absolute Gasteiger partial charge is 0.416 e. The second-order valence-electron chi connectivity index (χ2n) is 7.78. The highest BCUT2D eigenvalue weighted by molar-refractivity contribution is 5.99. The predicted molar refractivity (Wildman–Crippen MR) is 115 cm³/mol. The number of ether oxygens (including phenoxy) is 1. The molecule has 0 fully saturated rings. The van der Waals surface area contributed by atoms with E-state index in [1.165, 1.54) is 13.2 Å². The van der Waals surface area contributed by atoms with Crippen molar-refractivity contribution in [2.75, 3.05) is 32.1 Å². The van der Waals surface area contributed by atoms with Crippen LogP contribution < -0.4 is 15.0 Å². The van der Waals surface area contributed by atoms with Crippen LogP contribution in [0.25, 0.3) is 22.3 Å². The molecule has 1 atom stereocenters. The molecule has 1 N–H and O–H groups in total. The summed E-state index contributed by atoms with van der Waals surface area (Å²) in [5.41, 5.74) is 3.76. The van der Waals surface area contributed by atoms with E-state index in [-0.39, 0.29) is 11.8 Å². The first-order chi connectivity index (χ1) is 14.8. The van der Waals surface area contributed by atoms with Crippen LogP contribution in [0.15, 0.2) is 24.3 Å². The highest BCUT2D eigenvalue weighted by Gasteiger charge is 2.33. The Hall–Kier alpha value is -2.81. The highest BCUT2D eigenvalue weighted by atomic mass is 19.4. The summed E-state index contributed by atoms with van der Waals surface area (Å²) in [7, 11) is 3.30. The molecule has 6 nitrogen and oxygen atoms in total. The Morgan fingerprint density at radius 3 is 2.68 bits per heavy atom. The Morgan fingerprint density at radius 1 is 1.26 bits per heavy atom. The van der Waals surface area contributed by atoms with E-state index in [1.54, 1.807) is 0 Å². The molecule has 31 heavy (non-hydrogen) atoms. The van der Waals surface area contributed by atoms with Crippen molar-refractivity contribution in [1.29, 1.82) is 0 Å². The normalized spacial score (nSPS) is 16.2. The molecular weight excluding hydrogens is 407 g/mol. The first kappa shape index (κ1) is 21.4. The Kier molecular flexibility index (Phi) is 5.55. The van der Waals surface area contributed by atoms with Crippen molar-refractivity contribution in [1.82, 2.24) is 20.1 Å². The van der Waals surface area contributed by atoms with Gasteiger partial charge < -0.3 is 15.0 Å². The molecule has 1 aliphatic rings. The lowest BCUT2D eigenvalue weighted by molar-refractivity contribution is -0.137.